The number of nitrogens with two attached hydrogens (primary N) is 1. The molecule has 4 N–H and O–H groups in total. The molecule has 0 spiro atoms. The van der Waals surface area contributed by atoms with Crippen LogP contribution in [0.5, 0.6) is 11.5 Å². The average molecular weight is 315 g/mol. The number of anilines is 2. The molecule has 7 heteroatoms. The number of ether oxygens (including phenoxy) is 2. The van der Waals surface area contributed by atoms with Crippen molar-refractivity contribution in [3.05, 3.63) is 48.0 Å². The molecular weight excluding hydrogens is 298 g/mol. The quantitative estimate of drug-likeness (QED) is 0.751. The summed E-state index contributed by atoms with van der Waals surface area (Å²) in [5.41, 5.74) is 6.88. The number of nitrogen functional groups attached to an aromatic ring is 1. The maximum Gasteiger partial charge on any atom is 0.326 e. The summed E-state index contributed by atoms with van der Waals surface area (Å²) in [7, 11) is 3.01. The summed E-state index contributed by atoms with van der Waals surface area (Å²) >= 11 is 0. The predicted octanol–water partition coefficient (Wildman–Crippen LogP) is 2.25. The number of urea groups is 1. The minimum absolute atomic E-state index is 0.335. The van der Waals surface area contributed by atoms with Crippen molar-refractivity contribution in [2.24, 2.45) is 0 Å². The van der Waals surface area contributed by atoms with Gasteiger partial charge >= 0.3 is 6.03 Å². The minimum atomic E-state index is -0.654. The lowest BCUT2D eigenvalue weighted by Crippen LogP contribution is -2.34. The smallest absolute Gasteiger partial charge is 0.326 e. The van der Waals surface area contributed by atoms with Crippen LogP contribution in [0.1, 0.15) is 10.4 Å². The highest BCUT2D eigenvalue weighted by Gasteiger charge is 2.11. The maximum atomic E-state index is 11.9. The molecule has 23 heavy (non-hydrogen) atoms. The molecule has 0 saturated carbocycles. The summed E-state index contributed by atoms with van der Waals surface area (Å²) in [5.74, 6) is 0.481. The lowest BCUT2D eigenvalue weighted by molar-refractivity contribution is 0.0967. The highest BCUT2D eigenvalue weighted by molar-refractivity contribution is 6.08. The van der Waals surface area contributed by atoms with Gasteiger partial charge in [-0.1, -0.05) is 0 Å². The van der Waals surface area contributed by atoms with Crippen molar-refractivity contribution in [3.8, 4) is 11.5 Å². The first-order valence-corrected chi connectivity index (χ1v) is 6.73. The van der Waals surface area contributed by atoms with Crippen LogP contribution < -0.4 is 25.8 Å². The van der Waals surface area contributed by atoms with Crippen molar-refractivity contribution < 1.29 is 19.1 Å². The molecule has 0 saturated heterocycles. The summed E-state index contributed by atoms with van der Waals surface area (Å²) < 4.78 is 10.3. The summed E-state index contributed by atoms with van der Waals surface area (Å²) in [6, 6.07) is 10.5. The van der Waals surface area contributed by atoms with Gasteiger partial charge in [-0.3, -0.25) is 10.1 Å². The Balaban J connectivity index is 2.02. The Bertz CT molecular complexity index is 714. The van der Waals surface area contributed by atoms with Crippen LogP contribution in [0.15, 0.2) is 42.5 Å². The molecule has 120 valence electrons. The molecule has 2 aromatic carbocycles. The Labute approximate surface area is 133 Å². The van der Waals surface area contributed by atoms with E-state index in [1.54, 1.807) is 30.3 Å². The van der Waals surface area contributed by atoms with Crippen molar-refractivity contribution in [2.45, 2.75) is 0 Å². The zero-order chi connectivity index (χ0) is 16.8. The van der Waals surface area contributed by atoms with Gasteiger partial charge in [0.15, 0.2) is 11.5 Å². The fourth-order valence-corrected chi connectivity index (χ4v) is 1.89. The number of amides is 3. The fraction of sp³-hybridized carbons (Fsp3) is 0.125. The summed E-state index contributed by atoms with van der Waals surface area (Å²) in [6.07, 6.45) is 0. The highest BCUT2D eigenvalue weighted by Crippen LogP contribution is 2.29. The monoisotopic (exact) mass is 315 g/mol. The normalized spacial score (nSPS) is 9.83. The third-order valence-corrected chi connectivity index (χ3v) is 3.04. The Morgan fingerprint density at radius 1 is 0.957 bits per heavy atom. The van der Waals surface area contributed by atoms with E-state index in [0.717, 1.165) is 0 Å². The van der Waals surface area contributed by atoms with Crippen molar-refractivity contribution in [2.75, 3.05) is 25.3 Å². The first-order chi connectivity index (χ1) is 11.0. The van der Waals surface area contributed by atoms with E-state index in [0.29, 0.717) is 28.4 Å². The van der Waals surface area contributed by atoms with Crippen LogP contribution in [0.2, 0.25) is 0 Å². The lowest BCUT2D eigenvalue weighted by Gasteiger charge is -2.11. The Hall–Kier alpha value is -3.22. The number of benzene rings is 2. The second-order valence-electron chi connectivity index (χ2n) is 4.60. The number of hydrogen-bond donors (Lipinski definition) is 3. The van der Waals surface area contributed by atoms with Crippen molar-refractivity contribution in [3.63, 3.8) is 0 Å². The first kappa shape index (κ1) is 16.2. The first-order valence-electron chi connectivity index (χ1n) is 6.73. The maximum absolute atomic E-state index is 11.9. The highest BCUT2D eigenvalue weighted by atomic mass is 16.5. The van der Waals surface area contributed by atoms with Crippen molar-refractivity contribution in [1.82, 2.24) is 5.32 Å². The van der Waals surface area contributed by atoms with E-state index in [4.69, 9.17) is 15.2 Å². The molecule has 0 bridgehead atoms. The molecule has 0 radical (unpaired) electrons. The third-order valence-electron chi connectivity index (χ3n) is 3.04. The molecule has 7 nitrogen and oxygen atoms in total. The summed E-state index contributed by atoms with van der Waals surface area (Å²) in [4.78, 5) is 23.8. The summed E-state index contributed by atoms with van der Waals surface area (Å²) in [6.45, 7) is 0. The van der Waals surface area contributed by atoms with Gasteiger partial charge in [0.05, 0.1) is 14.2 Å². The van der Waals surface area contributed by atoms with E-state index < -0.39 is 11.9 Å². The third kappa shape index (κ3) is 4.13. The lowest BCUT2D eigenvalue weighted by atomic mass is 10.2. The molecule has 2 aromatic rings. The van der Waals surface area contributed by atoms with E-state index in [2.05, 4.69) is 10.6 Å². The zero-order valence-electron chi connectivity index (χ0n) is 12.8. The molecule has 0 aliphatic carbocycles. The number of methoxy groups -OCH3 is 2. The Morgan fingerprint density at radius 3 is 2.22 bits per heavy atom. The molecule has 0 heterocycles. The number of imide groups is 1. The second-order valence-corrected chi connectivity index (χ2v) is 4.60. The van der Waals surface area contributed by atoms with Gasteiger partial charge in [0.2, 0.25) is 0 Å². The van der Waals surface area contributed by atoms with Gasteiger partial charge in [-0.05, 0) is 36.4 Å². The van der Waals surface area contributed by atoms with Crippen molar-refractivity contribution in [1.29, 1.82) is 0 Å². The topological polar surface area (TPSA) is 103 Å². The molecule has 0 fully saturated rings. The van der Waals surface area contributed by atoms with Gasteiger partial charge in [0, 0.05) is 23.0 Å². The van der Waals surface area contributed by atoms with Gasteiger partial charge in [-0.25, -0.2) is 4.79 Å². The molecule has 0 atom stereocenters. The van der Waals surface area contributed by atoms with Crippen LogP contribution in [-0.2, 0) is 0 Å². The Morgan fingerprint density at radius 2 is 1.61 bits per heavy atom. The summed E-state index contributed by atoms with van der Waals surface area (Å²) in [5, 5.41) is 4.78. The van der Waals surface area contributed by atoms with Crippen LogP contribution in [0.25, 0.3) is 0 Å². The number of nitrogens with one attached hydrogen (secondary N) is 2. The van der Waals surface area contributed by atoms with E-state index in [1.807, 2.05) is 0 Å². The number of carbonyl (C=O) groups excluding carboxylic acids is 2. The van der Waals surface area contributed by atoms with Gasteiger partial charge in [0.1, 0.15) is 0 Å². The largest absolute Gasteiger partial charge is 0.493 e. The molecule has 0 aromatic heterocycles. The van der Waals surface area contributed by atoms with Crippen LogP contribution in [0.4, 0.5) is 16.2 Å². The second kappa shape index (κ2) is 7.17. The van der Waals surface area contributed by atoms with Gasteiger partial charge in [-0.2, -0.15) is 0 Å². The number of rotatable bonds is 4. The van der Waals surface area contributed by atoms with Crippen LogP contribution in [0, 0.1) is 0 Å². The van der Waals surface area contributed by atoms with Crippen LogP contribution in [-0.4, -0.2) is 26.2 Å². The predicted molar refractivity (Wildman–Crippen MR) is 86.9 cm³/mol. The van der Waals surface area contributed by atoms with Crippen LogP contribution in [0.3, 0.4) is 0 Å². The molecule has 0 aliphatic rings. The van der Waals surface area contributed by atoms with Crippen molar-refractivity contribution >= 4 is 23.3 Å². The average Bonchev–Trinajstić information content (AvgIpc) is 2.55. The van der Waals surface area contributed by atoms with E-state index >= 15 is 0 Å². The molecule has 0 unspecified atom stereocenters. The van der Waals surface area contributed by atoms with Gasteiger partial charge in [-0.15, -0.1) is 0 Å². The zero-order valence-corrected chi connectivity index (χ0v) is 12.8. The van der Waals surface area contributed by atoms with Crippen LogP contribution >= 0.6 is 0 Å². The minimum Gasteiger partial charge on any atom is -0.493 e. The molecule has 2 rings (SSSR count). The SMILES string of the molecule is COc1ccc(NC(=O)NC(=O)c2ccc(N)cc2)cc1OC. The fourth-order valence-electron chi connectivity index (χ4n) is 1.89. The molecule has 3 amide bonds. The van der Waals surface area contributed by atoms with E-state index in [1.165, 1.54) is 26.4 Å². The Kier molecular flexibility index (Phi) is 5.03. The van der Waals surface area contributed by atoms with E-state index in [-0.39, 0.29) is 0 Å². The van der Waals surface area contributed by atoms with E-state index in [9.17, 15) is 9.59 Å². The van der Waals surface area contributed by atoms with Gasteiger partial charge in [0.25, 0.3) is 5.91 Å². The number of carbonyl (C=O) groups is 2. The standard InChI is InChI=1S/C16H17N3O4/c1-22-13-8-7-12(9-14(13)23-2)18-16(21)19-15(20)10-3-5-11(17)6-4-10/h3-9H,17H2,1-2H3,(H2,18,19,20,21). The molecule has 0 aliphatic heterocycles. The van der Waals surface area contributed by atoms with Gasteiger partial charge < -0.3 is 20.5 Å². The molecular formula is C16H17N3O4. The number of hydrogen-bond acceptors (Lipinski definition) is 5.